The maximum atomic E-state index is 11.6. The molecule has 0 aromatic heterocycles. The van der Waals surface area contributed by atoms with Gasteiger partial charge in [0.15, 0.2) is 0 Å². The summed E-state index contributed by atoms with van der Waals surface area (Å²) in [5.74, 6) is -0.296. The Labute approximate surface area is 167 Å². The summed E-state index contributed by atoms with van der Waals surface area (Å²) in [7, 11) is 3.68. The number of hydrogen-bond donors (Lipinski definition) is 2. The van der Waals surface area contributed by atoms with E-state index in [1.807, 2.05) is 45.3 Å². The van der Waals surface area contributed by atoms with Gasteiger partial charge in [0.25, 0.3) is 0 Å². The maximum absolute atomic E-state index is 11.6. The van der Waals surface area contributed by atoms with Crippen LogP contribution in [0.3, 0.4) is 0 Å². The summed E-state index contributed by atoms with van der Waals surface area (Å²) in [4.78, 5) is 39.4. The normalized spacial score (nSPS) is 16.6. The summed E-state index contributed by atoms with van der Waals surface area (Å²) in [6.07, 6.45) is 9.88. The van der Waals surface area contributed by atoms with Crippen molar-refractivity contribution in [1.82, 2.24) is 25.3 Å². The highest BCUT2D eigenvalue weighted by molar-refractivity contribution is 5.85. The lowest BCUT2D eigenvalue weighted by atomic mass is 10.1. The first-order valence-corrected chi connectivity index (χ1v) is 9.58. The first kappa shape index (κ1) is 23.4. The zero-order valence-electron chi connectivity index (χ0n) is 17.4. The summed E-state index contributed by atoms with van der Waals surface area (Å²) in [6.45, 7) is 7.50. The Morgan fingerprint density at radius 3 is 2.46 bits per heavy atom. The molecule has 0 bridgehead atoms. The van der Waals surface area contributed by atoms with E-state index in [0.717, 1.165) is 44.0 Å². The standard InChI is InChI=1S/C20H33N5O3/c1-5-6-7-18(24(4)17(2)8-9-20(28)22-15-26)19(23(3)16-27)14-25-12-10-21-11-13-25/h5-7,14-17,21H,8-13H2,1-4H3,(H,22,26,28)/b6-5-,18-7+,19-14-. The molecule has 1 rings (SSSR count). The fourth-order valence-electron chi connectivity index (χ4n) is 2.86. The van der Waals surface area contributed by atoms with Crippen molar-refractivity contribution in [2.45, 2.75) is 32.7 Å². The molecule has 0 radical (unpaired) electrons. The molecule has 1 saturated heterocycles. The van der Waals surface area contributed by atoms with Crippen LogP contribution in [0, 0.1) is 0 Å². The molecule has 1 aliphatic rings. The van der Waals surface area contributed by atoms with E-state index in [1.54, 1.807) is 11.9 Å². The van der Waals surface area contributed by atoms with Crippen LogP contribution in [0.5, 0.6) is 0 Å². The van der Waals surface area contributed by atoms with Gasteiger partial charge in [-0.15, -0.1) is 0 Å². The molecule has 1 fully saturated rings. The van der Waals surface area contributed by atoms with Crippen LogP contribution >= 0.6 is 0 Å². The Morgan fingerprint density at radius 2 is 1.89 bits per heavy atom. The molecular formula is C20H33N5O3. The maximum Gasteiger partial charge on any atom is 0.226 e. The molecule has 0 aliphatic carbocycles. The number of amides is 3. The smallest absolute Gasteiger partial charge is 0.226 e. The number of hydrogen-bond acceptors (Lipinski definition) is 6. The third-order valence-corrected chi connectivity index (χ3v) is 4.75. The van der Waals surface area contributed by atoms with Gasteiger partial charge in [0.2, 0.25) is 18.7 Å². The van der Waals surface area contributed by atoms with Gasteiger partial charge in [-0.25, -0.2) is 0 Å². The third-order valence-electron chi connectivity index (χ3n) is 4.75. The zero-order chi connectivity index (χ0) is 20.9. The molecule has 28 heavy (non-hydrogen) atoms. The van der Waals surface area contributed by atoms with Gasteiger partial charge in [0, 0.05) is 58.9 Å². The van der Waals surface area contributed by atoms with Crippen LogP contribution in [0.15, 0.2) is 35.8 Å². The highest BCUT2D eigenvalue weighted by atomic mass is 16.2. The highest BCUT2D eigenvalue weighted by Crippen LogP contribution is 2.22. The minimum Gasteiger partial charge on any atom is -0.373 e. The predicted molar refractivity (Wildman–Crippen MR) is 110 cm³/mol. The van der Waals surface area contributed by atoms with Crippen molar-refractivity contribution < 1.29 is 14.4 Å². The van der Waals surface area contributed by atoms with Crippen LogP contribution in [0.25, 0.3) is 0 Å². The zero-order valence-corrected chi connectivity index (χ0v) is 17.4. The van der Waals surface area contributed by atoms with Crippen molar-refractivity contribution in [2.24, 2.45) is 0 Å². The first-order chi connectivity index (χ1) is 13.4. The second-order valence-electron chi connectivity index (χ2n) is 6.78. The van der Waals surface area contributed by atoms with Gasteiger partial charge in [-0.1, -0.05) is 12.2 Å². The fraction of sp³-hybridized carbons (Fsp3) is 0.550. The summed E-state index contributed by atoms with van der Waals surface area (Å²) in [5.41, 5.74) is 1.68. The molecule has 156 valence electrons. The van der Waals surface area contributed by atoms with E-state index < -0.39 is 0 Å². The Hall–Kier alpha value is -2.61. The average molecular weight is 392 g/mol. The number of nitrogens with zero attached hydrogens (tertiary/aromatic N) is 3. The second-order valence-corrected chi connectivity index (χ2v) is 6.78. The molecule has 8 heteroatoms. The van der Waals surface area contributed by atoms with Gasteiger partial charge in [-0.3, -0.25) is 19.7 Å². The van der Waals surface area contributed by atoms with E-state index >= 15 is 0 Å². The van der Waals surface area contributed by atoms with Crippen LogP contribution in [-0.2, 0) is 14.4 Å². The monoisotopic (exact) mass is 391 g/mol. The number of allylic oxidation sites excluding steroid dienone is 3. The van der Waals surface area contributed by atoms with E-state index in [2.05, 4.69) is 20.4 Å². The van der Waals surface area contributed by atoms with E-state index in [0.29, 0.717) is 12.8 Å². The van der Waals surface area contributed by atoms with Crippen LogP contribution in [-0.4, -0.2) is 79.7 Å². The van der Waals surface area contributed by atoms with Gasteiger partial charge in [0.1, 0.15) is 0 Å². The molecule has 1 aliphatic heterocycles. The van der Waals surface area contributed by atoms with Gasteiger partial charge in [-0.05, 0) is 26.3 Å². The lowest BCUT2D eigenvalue weighted by molar-refractivity contribution is -0.125. The van der Waals surface area contributed by atoms with Gasteiger partial charge in [0.05, 0.1) is 11.4 Å². The lowest BCUT2D eigenvalue weighted by Gasteiger charge is -2.34. The number of imide groups is 1. The number of nitrogens with one attached hydrogen (secondary N) is 2. The molecule has 1 heterocycles. The molecule has 3 amide bonds. The summed E-state index contributed by atoms with van der Waals surface area (Å²) >= 11 is 0. The molecular weight excluding hydrogens is 358 g/mol. The fourth-order valence-corrected chi connectivity index (χ4v) is 2.86. The summed E-state index contributed by atoms with van der Waals surface area (Å²) in [5, 5.41) is 5.49. The average Bonchev–Trinajstić information content (AvgIpc) is 2.71. The Balaban J connectivity index is 3.09. The van der Waals surface area contributed by atoms with Crippen molar-refractivity contribution in [3.8, 4) is 0 Å². The van der Waals surface area contributed by atoms with Crippen molar-refractivity contribution in [3.05, 3.63) is 35.8 Å². The molecule has 8 nitrogen and oxygen atoms in total. The van der Waals surface area contributed by atoms with E-state index in [-0.39, 0.29) is 18.4 Å². The van der Waals surface area contributed by atoms with E-state index in [4.69, 9.17) is 0 Å². The topological polar surface area (TPSA) is 85.0 Å². The van der Waals surface area contributed by atoms with Crippen LogP contribution in [0.2, 0.25) is 0 Å². The van der Waals surface area contributed by atoms with Gasteiger partial charge < -0.3 is 20.0 Å². The van der Waals surface area contributed by atoms with Crippen LogP contribution in [0.1, 0.15) is 26.7 Å². The number of carbonyl (C=O) groups excluding carboxylic acids is 3. The summed E-state index contributed by atoms with van der Waals surface area (Å²) < 4.78 is 0. The second kappa shape index (κ2) is 12.7. The minimum absolute atomic E-state index is 0.0281. The van der Waals surface area contributed by atoms with Crippen molar-refractivity contribution in [2.75, 3.05) is 40.3 Å². The van der Waals surface area contributed by atoms with Crippen molar-refractivity contribution >= 4 is 18.7 Å². The third kappa shape index (κ3) is 7.56. The molecule has 0 spiro atoms. The van der Waals surface area contributed by atoms with Crippen molar-refractivity contribution in [3.63, 3.8) is 0 Å². The highest BCUT2D eigenvalue weighted by Gasteiger charge is 2.20. The largest absolute Gasteiger partial charge is 0.373 e. The number of carbonyl (C=O) groups is 3. The first-order valence-electron chi connectivity index (χ1n) is 9.58. The van der Waals surface area contributed by atoms with Gasteiger partial charge in [-0.2, -0.15) is 0 Å². The van der Waals surface area contributed by atoms with Crippen LogP contribution in [0.4, 0.5) is 0 Å². The Morgan fingerprint density at radius 1 is 1.21 bits per heavy atom. The number of piperazine rings is 1. The molecule has 2 N–H and O–H groups in total. The molecule has 1 unspecified atom stereocenters. The molecule has 1 atom stereocenters. The summed E-state index contributed by atoms with van der Waals surface area (Å²) in [6, 6.07) is 0.0281. The minimum atomic E-state index is -0.296. The van der Waals surface area contributed by atoms with Crippen molar-refractivity contribution in [1.29, 1.82) is 0 Å². The molecule has 0 aromatic carbocycles. The number of rotatable bonds is 11. The predicted octanol–water partition coefficient (Wildman–Crippen LogP) is 0.654. The van der Waals surface area contributed by atoms with Gasteiger partial charge >= 0.3 is 0 Å². The SMILES string of the molecule is C\C=C/C=C(\C(=C\N1CCNCC1)N(C)C=O)N(C)C(C)CCC(=O)NC=O. The molecule has 0 aromatic rings. The van der Waals surface area contributed by atoms with E-state index in [9.17, 15) is 14.4 Å². The van der Waals surface area contributed by atoms with Crippen LogP contribution < -0.4 is 10.6 Å². The number of likely N-dealkylation sites (N-methyl/N-ethyl adjacent to an activating group) is 2. The lowest BCUT2D eigenvalue weighted by Crippen LogP contribution is -2.42. The Bertz CT molecular complexity index is 609. The quantitative estimate of drug-likeness (QED) is 0.397. The Kier molecular flexibility index (Phi) is 10.6. The molecule has 0 saturated carbocycles. The van der Waals surface area contributed by atoms with E-state index in [1.165, 1.54) is 0 Å².